The average Bonchev–Trinajstić information content (AvgIpc) is 2.15. The van der Waals surface area contributed by atoms with Crippen molar-refractivity contribution in [3.8, 4) is 0 Å². The van der Waals surface area contributed by atoms with Crippen molar-refractivity contribution in [2.75, 3.05) is 7.05 Å². The maximum absolute atomic E-state index is 12.0. The van der Waals surface area contributed by atoms with E-state index in [9.17, 15) is 18.0 Å². The largest absolute Gasteiger partial charge is 0.451 e. The molecule has 1 heterocycles. The molecule has 0 saturated heterocycles. The lowest BCUT2D eigenvalue weighted by molar-refractivity contribution is -0.145. The second-order valence-electron chi connectivity index (χ2n) is 2.37. The molecule has 0 aliphatic heterocycles. The van der Waals surface area contributed by atoms with Crippen molar-refractivity contribution in [3.05, 3.63) is 23.8 Å². The van der Waals surface area contributed by atoms with E-state index < -0.39 is 17.9 Å². The van der Waals surface area contributed by atoms with Gasteiger partial charge in [-0.05, 0) is 0 Å². The zero-order chi connectivity index (χ0) is 10.8. The van der Waals surface area contributed by atoms with Gasteiger partial charge in [0.25, 0.3) is 5.91 Å². The Kier molecular flexibility index (Phi) is 2.68. The van der Waals surface area contributed by atoms with Gasteiger partial charge in [0, 0.05) is 19.4 Å². The van der Waals surface area contributed by atoms with Gasteiger partial charge in [-0.1, -0.05) is 0 Å². The number of halogens is 3. The first-order valence-corrected chi connectivity index (χ1v) is 3.56. The molecule has 7 heteroatoms. The van der Waals surface area contributed by atoms with Crippen LogP contribution in [-0.2, 0) is 6.18 Å². The molecule has 76 valence electrons. The quantitative estimate of drug-likeness (QED) is 0.739. The van der Waals surface area contributed by atoms with Crippen LogP contribution in [-0.4, -0.2) is 22.9 Å². The maximum Gasteiger partial charge on any atom is 0.451 e. The standard InChI is InChI=1S/C7H6F3N3O/c1-11-5(14)4-2-12-6(13-3-4)7(8,9)10/h2-3H,1H3,(H,11,14). The van der Waals surface area contributed by atoms with Crippen LogP contribution >= 0.6 is 0 Å². The number of carbonyl (C=O) groups excluding carboxylic acids is 1. The van der Waals surface area contributed by atoms with Crippen LogP contribution in [0.25, 0.3) is 0 Å². The van der Waals surface area contributed by atoms with Crippen LogP contribution in [0.1, 0.15) is 16.2 Å². The van der Waals surface area contributed by atoms with Crippen LogP contribution in [0.2, 0.25) is 0 Å². The van der Waals surface area contributed by atoms with Gasteiger partial charge < -0.3 is 5.32 Å². The van der Waals surface area contributed by atoms with E-state index in [0.29, 0.717) is 0 Å². The Labute approximate surface area is 77.2 Å². The summed E-state index contributed by atoms with van der Waals surface area (Å²) in [4.78, 5) is 16.9. The molecule has 0 saturated carbocycles. The van der Waals surface area contributed by atoms with E-state index >= 15 is 0 Å². The Morgan fingerprint density at radius 1 is 1.36 bits per heavy atom. The van der Waals surface area contributed by atoms with Crippen molar-refractivity contribution in [1.29, 1.82) is 0 Å². The molecule has 0 aliphatic rings. The highest BCUT2D eigenvalue weighted by Gasteiger charge is 2.34. The zero-order valence-electron chi connectivity index (χ0n) is 7.09. The summed E-state index contributed by atoms with van der Waals surface area (Å²) in [6.45, 7) is 0. The first kappa shape index (κ1) is 10.4. The lowest BCUT2D eigenvalue weighted by Gasteiger charge is -2.04. The summed E-state index contributed by atoms with van der Waals surface area (Å²) in [5, 5.41) is 2.24. The fourth-order valence-corrected chi connectivity index (χ4v) is 0.736. The minimum absolute atomic E-state index is 0.0134. The Morgan fingerprint density at radius 3 is 2.21 bits per heavy atom. The normalized spacial score (nSPS) is 11.1. The van der Waals surface area contributed by atoms with Crippen molar-refractivity contribution in [3.63, 3.8) is 0 Å². The Balaban J connectivity index is 2.95. The molecule has 1 rings (SSSR count). The Bertz CT molecular complexity index is 333. The Hall–Kier alpha value is -1.66. The third kappa shape index (κ3) is 2.18. The number of hydrogen-bond acceptors (Lipinski definition) is 3. The highest BCUT2D eigenvalue weighted by molar-refractivity contribution is 5.93. The maximum atomic E-state index is 12.0. The molecule has 0 radical (unpaired) electrons. The van der Waals surface area contributed by atoms with Gasteiger partial charge in [-0.25, -0.2) is 9.97 Å². The molecule has 0 spiro atoms. The third-order valence-electron chi connectivity index (χ3n) is 1.39. The van der Waals surface area contributed by atoms with Crippen LogP contribution in [0.3, 0.4) is 0 Å². The molecule has 0 aliphatic carbocycles. The lowest BCUT2D eigenvalue weighted by Crippen LogP contribution is -2.19. The first-order valence-electron chi connectivity index (χ1n) is 3.56. The van der Waals surface area contributed by atoms with Gasteiger partial charge in [0.15, 0.2) is 0 Å². The van der Waals surface area contributed by atoms with E-state index in [-0.39, 0.29) is 5.56 Å². The van der Waals surface area contributed by atoms with Crippen LogP contribution in [0, 0.1) is 0 Å². The smallest absolute Gasteiger partial charge is 0.355 e. The zero-order valence-corrected chi connectivity index (χ0v) is 7.09. The predicted octanol–water partition coefficient (Wildman–Crippen LogP) is 0.855. The molecular formula is C7H6F3N3O. The van der Waals surface area contributed by atoms with Gasteiger partial charge in [-0.2, -0.15) is 13.2 Å². The van der Waals surface area contributed by atoms with Crippen molar-refractivity contribution in [2.24, 2.45) is 0 Å². The molecule has 1 N–H and O–H groups in total. The van der Waals surface area contributed by atoms with E-state index in [1.165, 1.54) is 7.05 Å². The lowest BCUT2D eigenvalue weighted by atomic mass is 10.3. The Morgan fingerprint density at radius 2 is 1.86 bits per heavy atom. The first-order chi connectivity index (χ1) is 6.45. The van der Waals surface area contributed by atoms with Gasteiger partial charge in [-0.15, -0.1) is 0 Å². The monoisotopic (exact) mass is 205 g/mol. The SMILES string of the molecule is CNC(=O)c1cnc(C(F)(F)F)nc1. The summed E-state index contributed by atoms with van der Waals surface area (Å²) >= 11 is 0. The van der Waals surface area contributed by atoms with E-state index in [1.54, 1.807) is 0 Å². The van der Waals surface area contributed by atoms with Gasteiger partial charge in [-0.3, -0.25) is 4.79 Å². The summed E-state index contributed by atoms with van der Waals surface area (Å²) in [7, 11) is 1.36. The molecular weight excluding hydrogens is 199 g/mol. The van der Waals surface area contributed by atoms with Crippen LogP contribution in [0.15, 0.2) is 12.4 Å². The summed E-state index contributed by atoms with van der Waals surface area (Å²) < 4.78 is 35.9. The summed E-state index contributed by atoms with van der Waals surface area (Å²) in [5.41, 5.74) is -0.0134. The summed E-state index contributed by atoms with van der Waals surface area (Å²) in [6, 6.07) is 0. The van der Waals surface area contributed by atoms with Gasteiger partial charge in [0.05, 0.1) is 5.56 Å². The second kappa shape index (κ2) is 3.60. The number of nitrogens with one attached hydrogen (secondary N) is 1. The topological polar surface area (TPSA) is 54.9 Å². The predicted molar refractivity (Wildman–Crippen MR) is 40.4 cm³/mol. The average molecular weight is 205 g/mol. The van der Waals surface area contributed by atoms with Gasteiger partial charge >= 0.3 is 6.18 Å². The van der Waals surface area contributed by atoms with Gasteiger partial charge in [0.1, 0.15) is 0 Å². The number of carbonyl (C=O) groups is 1. The molecule has 4 nitrogen and oxygen atoms in total. The number of aromatic nitrogens is 2. The second-order valence-corrected chi connectivity index (χ2v) is 2.37. The fourth-order valence-electron chi connectivity index (χ4n) is 0.736. The molecule has 1 aromatic heterocycles. The van der Waals surface area contributed by atoms with Crippen molar-refractivity contribution >= 4 is 5.91 Å². The molecule has 0 atom stereocenters. The number of hydrogen-bond donors (Lipinski definition) is 1. The minimum Gasteiger partial charge on any atom is -0.355 e. The highest BCUT2D eigenvalue weighted by Crippen LogP contribution is 2.25. The van der Waals surface area contributed by atoms with Crippen molar-refractivity contribution in [2.45, 2.75) is 6.18 Å². The molecule has 14 heavy (non-hydrogen) atoms. The van der Waals surface area contributed by atoms with Crippen molar-refractivity contribution in [1.82, 2.24) is 15.3 Å². The van der Waals surface area contributed by atoms with Crippen LogP contribution in [0.5, 0.6) is 0 Å². The molecule has 0 fully saturated rings. The number of alkyl halides is 3. The molecule has 0 unspecified atom stereocenters. The van der Waals surface area contributed by atoms with E-state index in [2.05, 4.69) is 15.3 Å². The number of nitrogens with zero attached hydrogens (tertiary/aromatic N) is 2. The number of rotatable bonds is 1. The van der Waals surface area contributed by atoms with E-state index in [1.807, 2.05) is 0 Å². The summed E-state index contributed by atoms with van der Waals surface area (Å²) in [6.07, 6.45) is -2.93. The summed E-state index contributed by atoms with van der Waals surface area (Å²) in [5.74, 6) is -1.79. The molecule has 0 aromatic carbocycles. The fraction of sp³-hybridized carbons (Fsp3) is 0.286. The third-order valence-corrected chi connectivity index (χ3v) is 1.39. The van der Waals surface area contributed by atoms with Crippen LogP contribution < -0.4 is 5.32 Å². The molecule has 1 amide bonds. The van der Waals surface area contributed by atoms with Gasteiger partial charge in [0.2, 0.25) is 5.82 Å². The van der Waals surface area contributed by atoms with Crippen LogP contribution in [0.4, 0.5) is 13.2 Å². The number of amides is 1. The minimum atomic E-state index is -4.58. The van der Waals surface area contributed by atoms with Crippen molar-refractivity contribution < 1.29 is 18.0 Å². The molecule has 1 aromatic rings. The van der Waals surface area contributed by atoms with E-state index in [0.717, 1.165) is 12.4 Å². The highest BCUT2D eigenvalue weighted by atomic mass is 19.4. The van der Waals surface area contributed by atoms with E-state index in [4.69, 9.17) is 0 Å². The molecule has 0 bridgehead atoms.